The van der Waals surface area contributed by atoms with Crippen LogP contribution in [0.15, 0.2) is 18.2 Å². The third-order valence-electron chi connectivity index (χ3n) is 3.76. The van der Waals surface area contributed by atoms with Gasteiger partial charge in [0.05, 0.1) is 10.5 Å². The molecule has 1 saturated heterocycles. The topological polar surface area (TPSA) is 66.7 Å². The number of nitro benzene ring substituents is 1. The van der Waals surface area contributed by atoms with Gasteiger partial charge in [0.15, 0.2) is 0 Å². The molecule has 114 valence electrons. The molecule has 21 heavy (non-hydrogen) atoms. The first-order valence-corrected chi connectivity index (χ1v) is 7.84. The number of amides is 1. The van der Waals surface area contributed by atoms with Crippen molar-refractivity contribution in [2.45, 2.75) is 6.42 Å². The zero-order valence-electron chi connectivity index (χ0n) is 12.1. The van der Waals surface area contributed by atoms with E-state index in [1.165, 1.54) is 12.1 Å². The largest absolute Gasteiger partial charge is 0.341 e. The molecule has 1 aromatic rings. The summed E-state index contributed by atoms with van der Waals surface area (Å²) in [6.07, 6.45) is 1.08. The van der Waals surface area contributed by atoms with Crippen LogP contribution in [-0.4, -0.2) is 54.4 Å². The Morgan fingerprint density at radius 1 is 1.57 bits per heavy atom. The normalized spacial score (nSPS) is 18.7. The summed E-state index contributed by atoms with van der Waals surface area (Å²) in [5, 5.41) is 10.8. The molecule has 1 fully saturated rings. The van der Waals surface area contributed by atoms with Gasteiger partial charge in [-0.3, -0.25) is 14.9 Å². The number of nitro groups is 1. The number of carbonyl (C=O) groups is 1. The molecule has 1 heterocycles. The molecule has 0 saturated carbocycles. The Morgan fingerprint density at radius 2 is 2.29 bits per heavy atom. The molecule has 0 bridgehead atoms. The number of rotatable bonds is 4. The van der Waals surface area contributed by atoms with Crippen molar-refractivity contribution in [3.63, 3.8) is 0 Å². The van der Waals surface area contributed by atoms with Gasteiger partial charge in [0.25, 0.3) is 11.6 Å². The summed E-state index contributed by atoms with van der Waals surface area (Å²) < 4.78 is 0.735. The zero-order chi connectivity index (χ0) is 15.6. The lowest BCUT2D eigenvalue weighted by Crippen LogP contribution is -2.33. The van der Waals surface area contributed by atoms with E-state index in [1.807, 2.05) is 22.6 Å². The van der Waals surface area contributed by atoms with Crippen molar-refractivity contribution in [3.05, 3.63) is 37.4 Å². The highest BCUT2D eigenvalue weighted by molar-refractivity contribution is 14.1. The average molecular weight is 403 g/mol. The van der Waals surface area contributed by atoms with Gasteiger partial charge < -0.3 is 9.80 Å². The number of likely N-dealkylation sites (tertiary alicyclic amines) is 1. The minimum absolute atomic E-state index is 0.0484. The van der Waals surface area contributed by atoms with Crippen molar-refractivity contribution in [1.29, 1.82) is 0 Å². The fourth-order valence-corrected chi connectivity index (χ4v) is 3.21. The SMILES string of the molecule is CN1CCC(CN(C)C(=O)c2cc([N+](=O)[O-])ccc2I)C1. The maximum Gasteiger partial charge on any atom is 0.270 e. The molecule has 0 radical (unpaired) electrons. The first-order chi connectivity index (χ1) is 9.88. The average Bonchev–Trinajstić information content (AvgIpc) is 2.83. The van der Waals surface area contributed by atoms with E-state index in [4.69, 9.17) is 0 Å². The minimum Gasteiger partial charge on any atom is -0.341 e. The van der Waals surface area contributed by atoms with E-state index >= 15 is 0 Å². The van der Waals surface area contributed by atoms with E-state index in [9.17, 15) is 14.9 Å². The molecule has 0 aromatic heterocycles. The smallest absolute Gasteiger partial charge is 0.270 e. The summed E-state index contributed by atoms with van der Waals surface area (Å²) >= 11 is 2.04. The lowest BCUT2D eigenvalue weighted by molar-refractivity contribution is -0.384. The van der Waals surface area contributed by atoms with Gasteiger partial charge in [0.1, 0.15) is 0 Å². The van der Waals surface area contributed by atoms with Gasteiger partial charge in [-0.05, 0) is 54.6 Å². The van der Waals surface area contributed by atoms with Gasteiger partial charge in [-0.2, -0.15) is 0 Å². The Labute approximate surface area is 137 Å². The molecule has 6 nitrogen and oxygen atoms in total. The van der Waals surface area contributed by atoms with Crippen LogP contribution in [0.25, 0.3) is 0 Å². The fourth-order valence-electron chi connectivity index (χ4n) is 2.64. The molecular weight excluding hydrogens is 385 g/mol. The van der Waals surface area contributed by atoms with Gasteiger partial charge in [-0.1, -0.05) is 0 Å². The molecule has 7 heteroatoms. The molecule has 1 aliphatic heterocycles. The second-order valence-corrected chi connectivity index (χ2v) is 6.69. The predicted molar refractivity (Wildman–Crippen MR) is 88.4 cm³/mol. The number of non-ortho nitro benzene ring substituents is 1. The molecular formula is C14H18IN3O3. The Hall–Kier alpha value is -1.22. The van der Waals surface area contributed by atoms with Crippen molar-refractivity contribution in [3.8, 4) is 0 Å². The van der Waals surface area contributed by atoms with Crippen molar-refractivity contribution in [1.82, 2.24) is 9.80 Å². The Bertz CT molecular complexity index is 564. The van der Waals surface area contributed by atoms with Gasteiger partial charge in [-0.25, -0.2) is 0 Å². The monoisotopic (exact) mass is 403 g/mol. The summed E-state index contributed by atoms with van der Waals surface area (Å²) in [6, 6.07) is 4.40. The number of benzene rings is 1. The van der Waals surface area contributed by atoms with E-state index in [-0.39, 0.29) is 11.6 Å². The lowest BCUT2D eigenvalue weighted by Gasteiger charge is -2.21. The summed E-state index contributed by atoms with van der Waals surface area (Å²) in [4.78, 5) is 26.8. The Morgan fingerprint density at radius 3 is 2.86 bits per heavy atom. The van der Waals surface area contributed by atoms with Gasteiger partial charge >= 0.3 is 0 Å². The van der Waals surface area contributed by atoms with Crippen LogP contribution in [0.1, 0.15) is 16.8 Å². The summed E-state index contributed by atoms with van der Waals surface area (Å²) in [5.41, 5.74) is 0.353. The van der Waals surface area contributed by atoms with Gasteiger partial charge in [-0.15, -0.1) is 0 Å². The molecule has 0 N–H and O–H groups in total. The standard InChI is InChI=1S/C14H18IN3O3/c1-16-6-5-10(8-16)9-17(2)14(19)12-7-11(18(20)21)3-4-13(12)15/h3-4,7,10H,5-6,8-9H2,1-2H3. The summed E-state index contributed by atoms with van der Waals surface area (Å²) in [7, 11) is 3.83. The van der Waals surface area contributed by atoms with Crippen LogP contribution in [0.5, 0.6) is 0 Å². The fraction of sp³-hybridized carbons (Fsp3) is 0.500. The highest BCUT2D eigenvalue weighted by Gasteiger charge is 2.24. The number of nitrogens with zero attached hydrogens (tertiary/aromatic N) is 3. The quantitative estimate of drug-likeness (QED) is 0.440. The van der Waals surface area contributed by atoms with Crippen LogP contribution in [0.4, 0.5) is 5.69 Å². The molecule has 1 aliphatic rings. The Balaban J connectivity index is 2.11. The maximum atomic E-state index is 12.5. The van der Waals surface area contributed by atoms with Crippen molar-refractivity contribution in [2.24, 2.45) is 5.92 Å². The highest BCUT2D eigenvalue weighted by atomic mass is 127. The highest BCUT2D eigenvalue weighted by Crippen LogP contribution is 2.22. The van der Waals surface area contributed by atoms with Crippen LogP contribution < -0.4 is 0 Å². The second kappa shape index (κ2) is 6.69. The van der Waals surface area contributed by atoms with E-state index in [0.29, 0.717) is 18.0 Å². The lowest BCUT2D eigenvalue weighted by atomic mass is 10.1. The molecule has 0 aliphatic carbocycles. The second-order valence-electron chi connectivity index (χ2n) is 5.52. The first-order valence-electron chi connectivity index (χ1n) is 6.76. The zero-order valence-corrected chi connectivity index (χ0v) is 14.2. The molecule has 1 unspecified atom stereocenters. The van der Waals surface area contributed by atoms with Gasteiger partial charge in [0, 0.05) is 35.8 Å². The van der Waals surface area contributed by atoms with E-state index < -0.39 is 4.92 Å². The number of halogens is 1. The van der Waals surface area contributed by atoms with E-state index in [1.54, 1.807) is 18.0 Å². The number of hydrogen-bond donors (Lipinski definition) is 0. The Kier molecular flexibility index (Phi) is 5.15. The third kappa shape index (κ3) is 3.91. The molecule has 1 amide bonds. The molecule has 1 aromatic carbocycles. The molecule has 1 atom stereocenters. The maximum absolute atomic E-state index is 12.5. The van der Waals surface area contributed by atoms with Crippen LogP contribution in [0.3, 0.4) is 0 Å². The van der Waals surface area contributed by atoms with Crippen LogP contribution in [-0.2, 0) is 0 Å². The van der Waals surface area contributed by atoms with Crippen LogP contribution in [0.2, 0.25) is 0 Å². The van der Waals surface area contributed by atoms with Crippen molar-refractivity contribution in [2.75, 3.05) is 33.7 Å². The van der Waals surface area contributed by atoms with Crippen molar-refractivity contribution < 1.29 is 9.72 Å². The van der Waals surface area contributed by atoms with Gasteiger partial charge in [0.2, 0.25) is 0 Å². The molecule has 0 spiro atoms. The minimum atomic E-state index is -0.473. The van der Waals surface area contributed by atoms with E-state index in [0.717, 1.165) is 23.1 Å². The number of hydrogen-bond acceptors (Lipinski definition) is 4. The third-order valence-corrected chi connectivity index (χ3v) is 4.70. The van der Waals surface area contributed by atoms with Crippen molar-refractivity contribution >= 4 is 34.2 Å². The molecule has 2 rings (SSSR count). The summed E-state index contributed by atoms with van der Waals surface area (Å²) in [5.74, 6) is 0.318. The van der Waals surface area contributed by atoms with E-state index in [2.05, 4.69) is 11.9 Å². The number of carbonyl (C=O) groups excluding carboxylic acids is 1. The van der Waals surface area contributed by atoms with Crippen LogP contribution >= 0.6 is 22.6 Å². The first kappa shape index (κ1) is 16.2. The van der Waals surface area contributed by atoms with Crippen LogP contribution in [0, 0.1) is 19.6 Å². The summed E-state index contributed by atoms with van der Waals surface area (Å²) in [6.45, 7) is 2.73. The predicted octanol–water partition coefficient (Wildman–Crippen LogP) is 2.22.